The monoisotopic (exact) mass is 155 g/mol. The van der Waals surface area contributed by atoms with Gasteiger partial charge in [-0.15, -0.1) is 0 Å². The lowest BCUT2D eigenvalue weighted by Gasteiger charge is -2.12. The fourth-order valence-electron chi connectivity index (χ4n) is 0.825. The van der Waals surface area contributed by atoms with Crippen LogP contribution in [0.5, 0.6) is 0 Å². The van der Waals surface area contributed by atoms with E-state index in [9.17, 15) is 4.79 Å². The molecular formula is C7H13N3O. The second-order valence-corrected chi connectivity index (χ2v) is 2.59. The van der Waals surface area contributed by atoms with Gasteiger partial charge in [-0.25, -0.2) is 0 Å². The predicted molar refractivity (Wildman–Crippen MR) is 41.5 cm³/mol. The van der Waals surface area contributed by atoms with Gasteiger partial charge < -0.3 is 5.73 Å². The summed E-state index contributed by atoms with van der Waals surface area (Å²) in [5.74, 6) is -0.352. The average Bonchev–Trinajstić information content (AvgIpc) is 1.85. The fraction of sp³-hybridized carbons (Fsp3) is 0.714. The molecule has 0 aliphatic rings. The van der Waals surface area contributed by atoms with Gasteiger partial charge in [0.05, 0.1) is 12.1 Å². The minimum Gasteiger partial charge on any atom is -0.370 e. The van der Waals surface area contributed by atoms with Gasteiger partial charge in [0.15, 0.2) is 0 Å². The summed E-state index contributed by atoms with van der Waals surface area (Å²) in [6, 6.07) is 1.75. The highest BCUT2D eigenvalue weighted by molar-refractivity contribution is 5.74. The van der Waals surface area contributed by atoms with Gasteiger partial charge in [-0.3, -0.25) is 10.1 Å². The highest BCUT2D eigenvalue weighted by atomic mass is 16.1. The molecule has 4 nitrogen and oxygen atoms in total. The second-order valence-electron chi connectivity index (χ2n) is 2.59. The summed E-state index contributed by atoms with van der Waals surface area (Å²) in [6.07, 6.45) is 0.270. The first-order chi connectivity index (χ1) is 5.06. The van der Waals surface area contributed by atoms with E-state index in [0.717, 1.165) is 0 Å². The molecule has 2 atom stereocenters. The van der Waals surface area contributed by atoms with Gasteiger partial charge >= 0.3 is 0 Å². The van der Waals surface area contributed by atoms with Crippen molar-refractivity contribution >= 4 is 5.91 Å². The lowest BCUT2D eigenvalue weighted by atomic mass is 10.2. The Hall–Kier alpha value is -1.08. The van der Waals surface area contributed by atoms with Crippen LogP contribution in [0.2, 0.25) is 0 Å². The highest BCUT2D eigenvalue weighted by Crippen LogP contribution is 1.90. The molecular weight excluding hydrogens is 142 g/mol. The number of hydrogen-bond donors (Lipinski definition) is 2. The predicted octanol–water partition coefficient (Wildman–Crippen LogP) is -0.248. The van der Waals surface area contributed by atoms with E-state index in [0.29, 0.717) is 0 Å². The van der Waals surface area contributed by atoms with E-state index in [2.05, 4.69) is 5.32 Å². The van der Waals surface area contributed by atoms with Crippen molar-refractivity contribution in [1.82, 2.24) is 5.32 Å². The standard InChI is InChI=1S/C7H13N3O/c1-5(3-7(9)11)10-6(2)4-8/h5-6,10H,3H2,1-2H3,(H2,9,11). The Morgan fingerprint density at radius 1 is 1.73 bits per heavy atom. The molecule has 0 aromatic carbocycles. The first kappa shape index (κ1) is 9.92. The van der Waals surface area contributed by atoms with Crippen LogP contribution in [0.1, 0.15) is 20.3 Å². The maximum absolute atomic E-state index is 10.4. The van der Waals surface area contributed by atoms with Gasteiger partial charge in [0, 0.05) is 12.5 Å². The fourth-order valence-corrected chi connectivity index (χ4v) is 0.825. The molecule has 2 unspecified atom stereocenters. The number of rotatable bonds is 4. The van der Waals surface area contributed by atoms with Gasteiger partial charge in [-0.2, -0.15) is 5.26 Å². The number of carbonyl (C=O) groups excluding carboxylic acids is 1. The zero-order valence-corrected chi connectivity index (χ0v) is 6.79. The van der Waals surface area contributed by atoms with Crippen LogP contribution in [-0.4, -0.2) is 18.0 Å². The van der Waals surface area contributed by atoms with Crippen molar-refractivity contribution in [2.45, 2.75) is 32.4 Å². The van der Waals surface area contributed by atoms with Crippen LogP contribution in [0.4, 0.5) is 0 Å². The van der Waals surface area contributed by atoms with Crippen LogP contribution in [0.15, 0.2) is 0 Å². The maximum atomic E-state index is 10.4. The number of primary amides is 1. The zero-order valence-electron chi connectivity index (χ0n) is 6.79. The van der Waals surface area contributed by atoms with Crippen molar-refractivity contribution in [2.24, 2.45) is 5.73 Å². The first-order valence-corrected chi connectivity index (χ1v) is 3.50. The molecule has 4 heteroatoms. The molecule has 0 aromatic rings. The van der Waals surface area contributed by atoms with Crippen molar-refractivity contribution in [2.75, 3.05) is 0 Å². The highest BCUT2D eigenvalue weighted by Gasteiger charge is 2.07. The third-order valence-electron chi connectivity index (χ3n) is 1.24. The molecule has 1 amide bonds. The third kappa shape index (κ3) is 5.37. The van der Waals surface area contributed by atoms with Gasteiger partial charge in [-0.05, 0) is 13.8 Å². The summed E-state index contributed by atoms with van der Waals surface area (Å²) < 4.78 is 0. The van der Waals surface area contributed by atoms with E-state index in [1.165, 1.54) is 0 Å². The Morgan fingerprint density at radius 2 is 2.27 bits per heavy atom. The summed E-state index contributed by atoms with van der Waals surface area (Å²) in [4.78, 5) is 10.4. The Morgan fingerprint density at radius 3 is 2.64 bits per heavy atom. The Labute approximate surface area is 66.4 Å². The summed E-state index contributed by atoms with van der Waals surface area (Å²) in [5, 5.41) is 11.3. The molecule has 0 saturated heterocycles. The SMILES string of the molecule is CC(C#N)NC(C)CC(N)=O. The van der Waals surface area contributed by atoms with Gasteiger partial charge in [-0.1, -0.05) is 0 Å². The first-order valence-electron chi connectivity index (χ1n) is 3.50. The van der Waals surface area contributed by atoms with Crippen LogP contribution in [0, 0.1) is 11.3 Å². The molecule has 62 valence electrons. The van der Waals surface area contributed by atoms with Crippen LogP contribution >= 0.6 is 0 Å². The van der Waals surface area contributed by atoms with Gasteiger partial charge in [0.2, 0.25) is 5.91 Å². The Bertz CT molecular complexity index is 173. The average molecular weight is 155 g/mol. The van der Waals surface area contributed by atoms with Crippen molar-refractivity contribution in [3.63, 3.8) is 0 Å². The Kier molecular flexibility index (Phi) is 4.23. The lowest BCUT2D eigenvalue weighted by Crippen LogP contribution is -2.36. The number of nitrogens with two attached hydrogens (primary N) is 1. The number of nitrogens with one attached hydrogen (secondary N) is 1. The third-order valence-corrected chi connectivity index (χ3v) is 1.24. The molecule has 0 aromatic heterocycles. The number of amides is 1. The molecule has 11 heavy (non-hydrogen) atoms. The number of carbonyl (C=O) groups is 1. The van der Waals surface area contributed by atoms with E-state index < -0.39 is 0 Å². The summed E-state index contributed by atoms with van der Waals surface area (Å²) in [6.45, 7) is 3.55. The largest absolute Gasteiger partial charge is 0.370 e. The lowest BCUT2D eigenvalue weighted by molar-refractivity contribution is -0.118. The van der Waals surface area contributed by atoms with Crippen molar-refractivity contribution in [3.05, 3.63) is 0 Å². The number of nitriles is 1. The zero-order chi connectivity index (χ0) is 8.85. The Balaban J connectivity index is 3.62. The van der Waals surface area contributed by atoms with Crippen LogP contribution in [0.3, 0.4) is 0 Å². The van der Waals surface area contributed by atoms with Crippen LogP contribution < -0.4 is 11.1 Å². The van der Waals surface area contributed by atoms with Crippen LogP contribution in [-0.2, 0) is 4.79 Å². The van der Waals surface area contributed by atoms with Crippen molar-refractivity contribution in [3.8, 4) is 6.07 Å². The molecule has 0 saturated carbocycles. The van der Waals surface area contributed by atoms with Gasteiger partial charge in [0.1, 0.15) is 0 Å². The molecule has 0 heterocycles. The summed E-state index contributed by atoms with van der Waals surface area (Å²) in [7, 11) is 0. The molecule has 0 aliphatic carbocycles. The molecule has 0 fully saturated rings. The number of hydrogen-bond acceptors (Lipinski definition) is 3. The molecule has 0 bridgehead atoms. The van der Waals surface area contributed by atoms with E-state index in [4.69, 9.17) is 11.0 Å². The minimum absolute atomic E-state index is 0.0258. The van der Waals surface area contributed by atoms with E-state index in [-0.39, 0.29) is 24.4 Å². The topological polar surface area (TPSA) is 78.9 Å². The molecule has 0 aliphatic heterocycles. The maximum Gasteiger partial charge on any atom is 0.218 e. The summed E-state index contributed by atoms with van der Waals surface area (Å²) >= 11 is 0. The molecule has 0 rings (SSSR count). The second kappa shape index (κ2) is 4.69. The van der Waals surface area contributed by atoms with Crippen molar-refractivity contribution in [1.29, 1.82) is 5.26 Å². The quantitative estimate of drug-likeness (QED) is 0.587. The van der Waals surface area contributed by atoms with Gasteiger partial charge in [0.25, 0.3) is 0 Å². The van der Waals surface area contributed by atoms with Crippen LogP contribution in [0.25, 0.3) is 0 Å². The van der Waals surface area contributed by atoms with E-state index in [1.54, 1.807) is 6.92 Å². The van der Waals surface area contributed by atoms with E-state index >= 15 is 0 Å². The molecule has 3 N–H and O–H groups in total. The smallest absolute Gasteiger partial charge is 0.218 e. The minimum atomic E-state index is -0.352. The molecule has 0 spiro atoms. The summed E-state index contributed by atoms with van der Waals surface area (Å²) in [5.41, 5.74) is 4.95. The number of nitrogens with zero attached hydrogens (tertiary/aromatic N) is 1. The van der Waals surface area contributed by atoms with Crippen molar-refractivity contribution < 1.29 is 4.79 Å². The van der Waals surface area contributed by atoms with E-state index in [1.807, 2.05) is 13.0 Å². The normalized spacial score (nSPS) is 15.0. The molecule has 0 radical (unpaired) electrons.